The number of nitrogens with zero attached hydrogens (tertiary/aromatic N) is 1. The number of pyridine rings is 1. The highest BCUT2D eigenvalue weighted by Gasteiger charge is 2.34. The van der Waals surface area contributed by atoms with Gasteiger partial charge in [0.2, 0.25) is 5.91 Å². The van der Waals surface area contributed by atoms with Crippen molar-refractivity contribution in [2.75, 3.05) is 0 Å². The fourth-order valence-corrected chi connectivity index (χ4v) is 2.48. The van der Waals surface area contributed by atoms with Crippen LogP contribution < -0.4 is 5.32 Å². The van der Waals surface area contributed by atoms with Gasteiger partial charge in [-0.25, -0.2) is 0 Å². The van der Waals surface area contributed by atoms with E-state index in [-0.39, 0.29) is 23.8 Å². The van der Waals surface area contributed by atoms with E-state index >= 15 is 0 Å². The highest BCUT2D eigenvalue weighted by Crippen LogP contribution is 2.31. The molecule has 0 aromatic carbocycles. The van der Waals surface area contributed by atoms with Crippen LogP contribution in [0.15, 0.2) is 24.4 Å². The Balaban J connectivity index is 1.90. The molecule has 3 atom stereocenters. The minimum absolute atomic E-state index is 0.0677. The molecule has 5 heteroatoms. The summed E-state index contributed by atoms with van der Waals surface area (Å²) in [6, 6.07) is 5.41. The van der Waals surface area contributed by atoms with E-state index in [9.17, 15) is 9.59 Å². The molecule has 0 unspecified atom stereocenters. The first kappa shape index (κ1) is 13.5. The smallest absolute Gasteiger partial charge is 0.306 e. The summed E-state index contributed by atoms with van der Waals surface area (Å²) in [5.41, 5.74) is 0.809. The van der Waals surface area contributed by atoms with Crippen molar-refractivity contribution in [3.63, 3.8) is 0 Å². The second-order valence-electron chi connectivity index (χ2n) is 5.03. The number of nitrogens with one attached hydrogen (secondary N) is 1. The number of carbonyl (C=O) groups excluding carboxylic acids is 1. The van der Waals surface area contributed by atoms with E-state index in [1.807, 2.05) is 25.1 Å². The molecule has 0 aliphatic heterocycles. The van der Waals surface area contributed by atoms with Gasteiger partial charge in [0, 0.05) is 12.1 Å². The molecule has 1 aromatic heterocycles. The molecule has 1 aliphatic carbocycles. The molecule has 1 aromatic rings. The van der Waals surface area contributed by atoms with Gasteiger partial charge in [-0.05, 0) is 38.3 Å². The maximum atomic E-state index is 12.1. The summed E-state index contributed by atoms with van der Waals surface area (Å²) >= 11 is 0. The molecule has 0 spiro atoms. The highest BCUT2D eigenvalue weighted by atomic mass is 16.4. The van der Waals surface area contributed by atoms with Crippen LogP contribution in [-0.2, 0) is 9.59 Å². The molecule has 1 aliphatic rings. The second kappa shape index (κ2) is 5.82. The number of carbonyl (C=O) groups is 2. The minimum Gasteiger partial charge on any atom is -0.481 e. The van der Waals surface area contributed by atoms with Crippen LogP contribution in [0.2, 0.25) is 0 Å². The van der Waals surface area contributed by atoms with Gasteiger partial charge in [0.05, 0.1) is 17.7 Å². The van der Waals surface area contributed by atoms with Gasteiger partial charge in [0.25, 0.3) is 0 Å². The van der Waals surface area contributed by atoms with Crippen molar-refractivity contribution in [1.82, 2.24) is 10.3 Å². The largest absolute Gasteiger partial charge is 0.481 e. The number of hydrogen-bond donors (Lipinski definition) is 2. The Hall–Kier alpha value is -1.91. The molecule has 1 amide bonds. The Kier molecular flexibility index (Phi) is 4.14. The Morgan fingerprint density at radius 2 is 2.11 bits per heavy atom. The SMILES string of the molecule is C[C@@H](NC(=O)[C@@H]1CC[C@H](C(=O)O)C1)c1ccccn1. The van der Waals surface area contributed by atoms with E-state index in [1.54, 1.807) is 6.20 Å². The molecule has 5 nitrogen and oxygen atoms in total. The predicted molar refractivity (Wildman–Crippen MR) is 69.3 cm³/mol. The van der Waals surface area contributed by atoms with Crippen molar-refractivity contribution in [2.24, 2.45) is 11.8 Å². The van der Waals surface area contributed by atoms with Gasteiger partial charge in [0.15, 0.2) is 0 Å². The van der Waals surface area contributed by atoms with E-state index in [2.05, 4.69) is 10.3 Å². The van der Waals surface area contributed by atoms with Crippen molar-refractivity contribution >= 4 is 11.9 Å². The maximum Gasteiger partial charge on any atom is 0.306 e. The van der Waals surface area contributed by atoms with Gasteiger partial charge < -0.3 is 10.4 Å². The lowest BCUT2D eigenvalue weighted by Gasteiger charge is -2.16. The van der Waals surface area contributed by atoms with Crippen LogP contribution in [0.25, 0.3) is 0 Å². The van der Waals surface area contributed by atoms with Gasteiger partial charge in [-0.1, -0.05) is 6.07 Å². The van der Waals surface area contributed by atoms with E-state index < -0.39 is 5.97 Å². The van der Waals surface area contributed by atoms with Crippen molar-refractivity contribution < 1.29 is 14.7 Å². The first-order valence-electron chi connectivity index (χ1n) is 6.52. The van der Waals surface area contributed by atoms with Crippen LogP contribution in [-0.4, -0.2) is 22.0 Å². The van der Waals surface area contributed by atoms with Crippen LogP contribution >= 0.6 is 0 Å². The average molecular weight is 262 g/mol. The second-order valence-corrected chi connectivity index (χ2v) is 5.03. The third-order valence-electron chi connectivity index (χ3n) is 3.64. The summed E-state index contributed by atoms with van der Waals surface area (Å²) in [5, 5.41) is 11.8. The van der Waals surface area contributed by atoms with Crippen molar-refractivity contribution in [1.29, 1.82) is 0 Å². The standard InChI is InChI=1S/C14H18N2O3/c1-9(12-4-2-3-7-15-12)16-13(17)10-5-6-11(8-10)14(18)19/h2-4,7,9-11H,5-6,8H2,1H3,(H,16,17)(H,18,19)/t9-,10-,11+/m1/s1. The average Bonchev–Trinajstić information content (AvgIpc) is 2.89. The van der Waals surface area contributed by atoms with Crippen LogP contribution in [0.5, 0.6) is 0 Å². The lowest BCUT2D eigenvalue weighted by Crippen LogP contribution is -2.32. The van der Waals surface area contributed by atoms with E-state index in [4.69, 9.17) is 5.11 Å². The van der Waals surface area contributed by atoms with Gasteiger partial charge in [0.1, 0.15) is 0 Å². The third kappa shape index (κ3) is 3.30. The molecule has 0 saturated heterocycles. The lowest BCUT2D eigenvalue weighted by molar-refractivity contribution is -0.141. The number of carboxylic acids is 1. The van der Waals surface area contributed by atoms with Crippen LogP contribution in [0, 0.1) is 11.8 Å². The van der Waals surface area contributed by atoms with Gasteiger partial charge >= 0.3 is 5.97 Å². The third-order valence-corrected chi connectivity index (χ3v) is 3.64. The van der Waals surface area contributed by atoms with Crippen LogP contribution in [0.3, 0.4) is 0 Å². The van der Waals surface area contributed by atoms with Gasteiger partial charge in [-0.15, -0.1) is 0 Å². The van der Waals surface area contributed by atoms with E-state index in [0.29, 0.717) is 19.3 Å². The zero-order valence-electron chi connectivity index (χ0n) is 10.9. The van der Waals surface area contributed by atoms with Crippen molar-refractivity contribution in [2.45, 2.75) is 32.2 Å². The normalized spacial score (nSPS) is 23.8. The number of hydrogen-bond acceptors (Lipinski definition) is 3. The quantitative estimate of drug-likeness (QED) is 0.866. The minimum atomic E-state index is -0.798. The van der Waals surface area contributed by atoms with Crippen molar-refractivity contribution in [3.8, 4) is 0 Å². The first-order chi connectivity index (χ1) is 9.08. The molecule has 0 radical (unpaired) electrons. The Bertz CT molecular complexity index is 461. The monoisotopic (exact) mass is 262 g/mol. The van der Waals surface area contributed by atoms with E-state index in [0.717, 1.165) is 5.69 Å². The molecule has 2 N–H and O–H groups in total. The summed E-state index contributed by atoms with van der Waals surface area (Å²) in [6.45, 7) is 1.88. The Morgan fingerprint density at radius 1 is 1.37 bits per heavy atom. The Morgan fingerprint density at radius 3 is 2.68 bits per heavy atom. The van der Waals surface area contributed by atoms with E-state index in [1.165, 1.54) is 0 Å². The van der Waals surface area contributed by atoms with Crippen LogP contribution in [0.1, 0.15) is 37.9 Å². The molecule has 2 rings (SSSR count). The number of rotatable bonds is 4. The molecular formula is C14H18N2O3. The lowest BCUT2D eigenvalue weighted by atomic mass is 10.0. The maximum absolute atomic E-state index is 12.1. The number of aliphatic carboxylic acids is 1. The molecule has 102 valence electrons. The number of aromatic nitrogens is 1. The number of carboxylic acid groups (broad SMARTS) is 1. The molecule has 1 saturated carbocycles. The summed E-state index contributed by atoms with van der Waals surface area (Å²) in [6.07, 6.45) is 3.37. The predicted octanol–water partition coefficient (Wildman–Crippen LogP) is 1.76. The summed E-state index contributed by atoms with van der Waals surface area (Å²) in [5.74, 6) is -1.43. The van der Waals surface area contributed by atoms with Gasteiger partial charge in [-0.2, -0.15) is 0 Å². The molecule has 19 heavy (non-hydrogen) atoms. The molecule has 0 bridgehead atoms. The first-order valence-corrected chi connectivity index (χ1v) is 6.52. The van der Waals surface area contributed by atoms with Crippen molar-refractivity contribution in [3.05, 3.63) is 30.1 Å². The zero-order chi connectivity index (χ0) is 13.8. The Labute approximate surface area is 112 Å². The van der Waals surface area contributed by atoms with Gasteiger partial charge in [-0.3, -0.25) is 14.6 Å². The fourth-order valence-electron chi connectivity index (χ4n) is 2.48. The summed E-state index contributed by atoms with van der Waals surface area (Å²) < 4.78 is 0. The molecular weight excluding hydrogens is 244 g/mol. The molecule has 1 fully saturated rings. The highest BCUT2D eigenvalue weighted by molar-refractivity contribution is 5.81. The fraction of sp³-hybridized carbons (Fsp3) is 0.500. The van der Waals surface area contributed by atoms with Crippen LogP contribution in [0.4, 0.5) is 0 Å². The zero-order valence-corrected chi connectivity index (χ0v) is 10.9. The summed E-state index contributed by atoms with van der Waals surface area (Å²) in [4.78, 5) is 27.1. The molecule has 1 heterocycles. The number of amides is 1. The summed E-state index contributed by atoms with van der Waals surface area (Å²) in [7, 11) is 0. The topological polar surface area (TPSA) is 79.3 Å².